The fourth-order valence-electron chi connectivity index (χ4n) is 8.59. The first-order valence-corrected chi connectivity index (χ1v) is 20.3. The topological polar surface area (TPSA) is 38.7 Å². The fourth-order valence-corrected chi connectivity index (χ4v) is 8.59. The van der Waals surface area contributed by atoms with Gasteiger partial charge in [-0.1, -0.05) is 200 Å². The van der Waals surface area contributed by atoms with Crippen LogP contribution in [-0.2, 0) is 0 Å². The molecule has 0 amide bonds. The van der Waals surface area contributed by atoms with Crippen LogP contribution in [-0.4, -0.2) is 15.0 Å². The zero-order valence-electron chi connectivity index (χ0n) is 32.7. The Morgan fingerprint density at radius 1 is 0.183 bits per heavy atom. The largest absolute Gasteiger partial charge is 0.208 e. The maximum Gasteiger partial charge on any atom is 0.164 e. The summed E-state index contributed by atoms with van der Waals surface area (Å²) in [6.45, 7) is 0. The lowest BCUT2D eigenvalue weighted by Gasteiger charge is -2.15. The molecule has 0 N–H and O–H groups in total. The van der Waals surface area contributed by atoms with Crippen molar-refractivity contribution in [3.63, 3.8) is 0 Å². The number of hydrogen-bond acceptors (Lipinski definition) is 3. The van der Waals surface area contributed by atoms with Crippen molar-refractivity contribution in [2.45, 2.75) is 0 Å². The van der Waals surface area contributed by atoms with Gasteiger partial charge in [0.1, 0.15) is 0 Å². The second-order valence-electron chi connectivity index (χ2n) is 15.2. The molecule has 60 heavy (non-hydrogen) atoms. The second kappa shape index (κ2) is 15.1. The van der Waals surface area contributed by atoms with E-state index in [0.29, 0.717) is 17.5 Å². The molecule has 1 heterocycles. The molecule has 3 nitrogen and oxygen atoms in total. The van der Waals surface area contributed by atoms with Crippen molar-refractivity contribution in [2.75, 3.05) is 0 Å². The molecule has 10 aromatic carbocycles. The van der Waals surface area contributed by atoms with Gasteiger partial charge in [0, 0.05) is 16.7 Å². The van der Waals surface area contributed by atoms with Crippen molar-refractivity contribution in [2.24, 2.45) is 0 Å². The number of nitrogens with zero attached hydrogens (tertiary/aromatic N) is 3. The molecule has 280 valence electrons. The van der Waals surface area contributed by atoms with Gasteiger partial charge in [-0.3, -0.25) is 0 Å². The lowest BCUT2D eigenvalue weighted by atomic mass is 9.89. The molecular weight excluding hydrogens is 727 g/mol. The highest BCUT2D eigenvalue weighted by atomic mass is 15.0. The molecule has 1 aromatic heterocycles. The van der Waals surface area contributed by atoms with E-state index in [1.54, 1.807) is 0 Å². The normalized spacial score (nSPS) is 11.3. The van der Waals surface area contributed by atoms with Crippen molar-refractivity contribution < 1.29 is 0 Å². The predicted molar refractivity (Wildman–Crippen MR) is 250 cm³/mol. The minimum atomic E-state index is 0.619. The van der Waals surface area contributed by atoms with Crippen LogP contribution in [0.4, 0.5) is 0 Å². The molecule has 11 rings (SSSR count). The Morgan fingerprint density at radius 2 is 0.500 bits per heavy atom. The molecule has 0 atom stereocenters. The van der Waals surface area contributed by atoms with E-state index in [4.69, 9.17) is 15.0 Å². The quantitative estimate of drug-likeness (QED) is 0.152. The molecule has 0 fully saturated rings. The average molecular weight is 764 g/mol. The van der Waals surface area contributed by atoms with Crippen molar-refractivity contribution in [3.05, 3.63) is 224 Å². The first-order valence-electron chi connectivity index (χ1n) is 20.3. The van der Waals surface area contributed by atoms with Gasteiger partial charge in [-0.15, -0.1) is 0 Å². The summed E-state index contributed by atoms with van der Waals surface area (Å²) in [5.74, 6) is 1.87. The van der Waals surface area contributed by atoms with Crippen molar-refractivity contribution in [1.82, 2.24) is 15.0 Å². The molecule has 0 aliphatic heterocycles. The Morgan fingerprint density at radius 3 is 0.967 bits per heavy atom. The Balaban J connectivity index is 1.05. The SMILES string of the molecule is c1ccc(-c2cccc(-c3nc(-c4cccc(-c5ccccc5)c4)nc(-c4cccc(-c5ccccc5-c5ccc6c7ccccc7c7ccccc7c6c5)c4)n3)c2)cc1. The Labute approximate surface area is 349 Å². The average Bonchev–Trinajstić information content (AvgIpc) is 3.34. The Bertz CT molecular complexity index is 3240. The Hall–Kier alpha value is -8.01. The summed E-state index contributed by atoms with van der Waals surface area (Å²) < 4.78 is 0. The lowest BCUT2D eigenvalue weighted by Crippen LogP contribution is -2.00. The first-order chi connectivity index (χ1) is 29.7. The predicted octanol–water partition coefficient (Wildman–Crippen LogP) is 15.0. The van der Waals surface area contributed by atoms with Crippen LogP contribution in [0.15, 0.2) is 224 Å². The van der Waals surface area contributed by atoms with E-state index in [-0.39, 0.29) is 0 Å². The van der Waals surface area contributed by atoms with Crippen LogP contribution in [0.2, 0.25) is 0 Å². The summed E-state index contributed by atoms with van der Waals surface area (Å²) in [7, 11) is 0. The molecule has 0 bridgehead atoms. The van der Waals surface area contributed by atoms with E-state index in [9.17, 15) is 0 Å². The van der Waals surface area contributed by atoms with Gasteiger partial charge < -0.3 is 0 Å². The Kier molecular flexibility index (Phi) is 8.83. The molecular formula is C57H37N3. The van der Waals surface area contributed by atoms with Crippen LogP contribution in [0.3, 0.4) is 0 Å². The van der Waals surface area contributed by atoms with Gasteiger partial charge in [-0.05, 0) is 101 Å². The van der Waals surface area contributed by atoms with E-state index in [2.05, 4.69) is 212 Å². The monoisotopic (exact) mass is 763 g/mol. The minimum Gasteiger partial charge on any atom is -0.208 e. The highest BCUT2D eigenvalue weighted by Crippen LogP contribution is 2.40. The van der Waals surface area contributed by atoms with Crippen LogP contribution in [0.25, 0.3) is 111 Å². The maximum absolute atomic E-state index is 5.20. The molecule has 0 aliphatic rings. The summed E-state index contributed by atoms with van der Waals surface area (Å²) in [6.07, 6.45) is 0. The van der Waals surface area contributed by atoms with E-state index in [1.165, 1.54) is 43.4 Å². The van der Waals surface area contributed by atoms with Gasteiger partial charge in [0.05, 0.1) is 0 Å². The standard InChI is InChI=1S/C57H37N3/c1-3-16-38(17-4-1)40-20-13-23-44(34-40)55-58-56(45-24-14-21-41(35-45)39-18-5-2-6-19-39)60-57(59-55)46-25-15-22-42(36-46)47-26-7-8-27-48(47)43-32-33-53-51-30-10-9-28-49(51)50-29-11-12-31-52(50)54(53)37-43/h1-37H. The summed E-state index contributed by atoms with van der Waals surface area (Å²) in [5.41, 5.74) is 11.8. The highest BCUT2D eigenvalue weighted by molar-refractivity contribution is 6.25. The van der Waals surface area contributed by atoms with Crippen LogP contribution in [0, 0.1) is 0 Å². The third kappa shape index (κ3) is 6.49. The van der Waals surface area contributed by atoms with Crippen LogP contribution in [0.5, 0.6) is 0 Å². The van der Waals surface area contributed by atoms with Gasteiger partial charge in [0.25, 0.3) is 0 Å². The van der Waals surface area contributed by atoms with Gasteiger partial charge >= 0.3 is 0 Å². The van der Waals surface area contributed by atoms with Gasteiger partial charge in [-0.25, -0.2) is 15.0 Å². The molecule has 0 unspecified atom stereocenters. The third-order valence-electron chi connectivity index (χ3n) is 11.5. The fraction of sp³-hybridized carbons (Fsp3) is 0. The number of hydrogen-bond donors (Lipinski definition) is 0. The zero-order valence-corrected chi connectivity index (χ0v) is 32.7. The van der Waals surface area contributed by atoms with Gasteiger partial charge in [-0.2, -0.15) is 0 Å². The van der Waals surface area contributed by atoms with Crippen molar-refractivity contribution in [1.29, 1.82) is 0 Å². The molecule has 3 heteroatoms. The molecule has 0 aliphatic carbocycles. The van der Waals surface area contributed by atoms with Crippen molar-refractivity contribution >= 4 is 32.3 Å². The van der Waals surface area contributed by atoms with E-state index >= 15 is 0 Å². The first kappa shape index (κ1) is 35.2. The molecule has 0 saturated heterocycles. The summed E-state index contributed by atoms with van der Waals surface area (Å²) in [4.78, 5) is 15.5. The van der Waals surface area contributed by atoms with Crippen LogP contribution < -0.4 is 0 Å². The third-order valence-corrected chi connectivity index (χ3v) is 11.5. The minimum absolute atomic E-state index is 0.619. The van der Waals surface area contributed by atoms with Crippen LogP contribution >= 0.6 is 0 Å². The molecule has 0 spiro atoms. The van der Waals surface area contributed by atoms with E-state index in [1.807, 2.05) is 12.1 Å². The molecule has 0 radical (unpaired) electrons. The second-order valence-corrected chi connectivity index (χ2v) is 15.2. The number of benzene rings is 10. The smallest absolute Gasteiger partial charge is 0.164 e. The van der Waals surface area contributed by atoms with E-state index < -0.39 is 0 Å². The maximum atomic E-state index is 5.20. The number of rotatable bonds is 7. The summed E-state index contributed by atoms with van der Waals surface area (Å²) >= 11 is 0. The summed E-state index contributed by atoms with van der Waals surface area (Å²) in [5, 5.41) is 7.60. The summed E-state index contributed by atoms with van der Waals surface area (Å²) in [6, 6.07) is 79.5. The number of aromatic nitrogens is 3. The number of fused-ring (bicyclic) bond motifs is 6. The molecule has 11 aromatic rings. The van der Waals surface area contributed by atoms with Crippen LogP contribution in [0.1, 0.15) is 0 Å². The van der Waals surface area contributed by atoms with Crippen molar-refractivity contribution in [3.8, 4) is 78.7 Å². The van der Waals surface area contributed by atoms with Gasteiger partial charge in [0.15, 0.2) is 17.5 Å². The van der Waals surface area contributed by atoms with Gasteiger partial charge in [0.2, 0.25) is 0 Å². The highest BCUT2D eigenvalue weighted by Gasteiger charge is 2.17. The van der Waals surface area contributed by atoms with E-state index in [0.717, 1.165) is 50.1 Å². The molecule has 0 saturated carbocycles. The lowest BCUT2D eigenvalue weighted by molar-refractivity contribution is 1.07. The zero-order chi connectivity index (χ0) is 39.8.